The summed E-state index contributed by atoms with van der Waals surface area (Å²) in [5, 5.41) is 12.5. The molecule has 0 aliphatic carbocycles. The third-order valence-electron chi connectivity index (χ3n) is 4.22. The molecule has 1 N–H and O–H groups in total. The van der Waals surface area contributed by atoms with Gasteiger partial charge in [0, 0.05) is 29.2 Å². The first-order valence-electron chi connectivity index (χ1n) is 8.69. The quantitative estimate of drug-likeness (QED) is 0.558. The SMILES string of the molecule is CC(C)S(=O)(=O)Nc1cccc(-c2ccc3nnc(-c4cccnc4)n3n2)c1. The molecule has 0 amide bonds. The van der Waals surface area contributed by atoms with Gasteiger partial charge >= 0.3 is 0 Å². The molecule has 28 heavy (non-hydrogen) atoms. The molecule has 0 saturated heterocycles. The standard InChI is InChI=1S/C19H18N6O2S/c1-13(2)28(26,27)24-16-7-3-5-14(11-16)17-8-9-18-21-22-19(25(18)23-17)15-6-4-10-20-12-15/h3-13,24H,1-2H3. The molecule has 0 radical (unpaired) electrons. The molecule has 3 aromatic heterocycles. The highest BCUT2D eigenvalue weighted by Crippen LogP contribution is 2.24. The lowest BCUT2D eigenvalue weighted by Crippen LogP contribution is -2.22. The Morgan fingerprint density at radius 1 is 1.00 bits per heavy atom. The van der Waals surface area contributed by atoms with Gasteiger partial charge in [0.1, 0.15) is 0 Å². The van der Waals surface area contributed by atoms with Crippen LogP contribution < -0.4 is 4.72 Å². The second-order valence-electron chi connectivity index (χ2n) is 6.53. The highest BCUT2D eigenvalue weighted by molar-refractivity contribution is 7.93. The van der Waals surface area contributed by atoms with E-state index in [1.807, 2.05) is 30.3 Å². The fourth-order valence-corrected chi connectivity index (χ4v) is 3.33. The number of nitrogens with zero attached hydrogens (tertiary/aromatic N) is 5. The smallest absolute Gasteiger partial charge is 0.235 e. The number of nitrogens with one attached hydrogen (secondary N) is 1. The molecule has 8 nitrogen and oxygen atoms in total. The lowest BCUT2D eigenvalue weighted by molar-refractivity contribution is 0.593. The van der Waals surface area contributed by atoms with E-state index in [4.69, 9.17) is 0 Å². The maximum Gasteiger partial charge on any atom is 0.235 e. The summed E-state index contributed by atoms with van der Waals surface area (Å²) in [4.78, 5) is 4.11. The number of hydrogen-bond acceptors (Lipinski definition) is 6. The molecule has 4 rings (SSSR count). The van der Waals surface area contributed by atoms with Crippen LogP contribution in [0.15, 0.2) is 60.9 Å². The van der Waals surface area contributed by atoms with Gasteiger partial charge in [-0.2, -0.15) is 9.61 Å². The van der Waals surface area contributed by atoms with Crippen molar-refractivity contribution in [2.24, 2.45) is 0 Å². The van der Waals surface area contributed by atoms with E-state index >= 15 is 0 Å². The summed E-state index contributed by atoms with van der Waals surface area (Å²) in [6.45, 7) is 3.27. The molecule has 142 valence electrons. The molecule has 0 aliphatic rings. The molecule has 3 heterocycles. The third-order valence-corrected chi connectivity index (χ3v) is 5.98. The van der Waals surface area contributed by atoms with Crippen LogP contribution in [-0.2, 0) is 10.0 Å². The van der Waals surface area contributed by atoms with Gasteiger partial charge in [0.15, 0.2) is 11.5 Å². The van der Waals surface area contributed by atoms with Crippen molar-refractivity contribution >= 4 is 21.4 Å². The molecule has 0 fully saturated rings. The van der Waals surface area contributed by atoms with Gasteiger partial charge in [-0.05, 0) is 50.2 Å². The number of fused-ring (bicyclic) bond motifs is 1. The number of pyridine rings is 1. The second-order valence-corrected chi connectivity index (χ2v) is 8.77. The minimum atomic E-state index is -3.42. The van der Waals surface area contributed by atoms with Gasteiger partial charge < -0.3 is 0 Å². The molecular weight excluding hydrogens is 376 g/mol. The number of aromatic nitrogens is 5. The lowest BCUT2D eigenvalue weighted by atomic mass is 10.1. The Labute approximate surface area is 162 Å². The van der Waals surface area contributed by atoms with E-state index in [-0.39, 0.29) is 0 Å². The van der Waals surface area contributed by atoms with Crippen molar-refractivity contribution in [1.29, 1.82) is 0 Å². The molecule has 0 unspecified atom stereocenters. The monoisotopic (exact) mass is 394 g/mol. The minimum absolute atomic E-state index is 0.490. The summed E-state index contributed by atoms with van der Waals surface area (Å²) in [6, 6.07) is 14.5. The summed E-state index contributed by atoms with van der Waals surface area (Å²) in [6.07, 6.45) is 3.39. The molecule has 0 spiro atoms. The number of anilines is 1. The van der Waals surface area contributed by atoms with Crippen molar-refractivity contribution in [1.82, 2.24) is 24.8 Å². The van der Waals surface area contributed by atoms with Crippen LogP contribution in [0.1, 0.15) is 13.8 Å². The van der Waals surface area contributed by atoms with Gasteiger partial charge in [0.2, 0.25) is 10.0 Å². The Hall–Kier alpha value is -3.33. The lowest BCUT2D eigenvalue weighted by Gasteiger charge is -2.11. The molecule has 4 aromatic rings. The Balaban J connectivity index is 1.75. The predicted molar refractivity (Wildman–Crippen MR) is 107 cm³/mol. The van der Waals surface area contributed by atoms with Crippen LogP contribution in [0, 0.1) is 0 Å². The zero-order chi connectivity index (χ0) is 19.7. The average molecular weight is 394 g/mol. The van der Waals surface area contributed by atoms with E-state index < -0.39 is 15.3 Å². The first-order chi connectivity index (χ1) is 13.4. The Morgan fingerprint density at radius 3 is 2.57 bits per heavy atom. The molecular formula is C19H18N6O2S. The van der Waals surface area contributed by atoms with E-state index in [1.165, 1.54) is 0 Å². The summed E-state index contributed by atoms with van der Waals surface area (Å²) < 4.78 is 28.5. The van der Waals surface area contributed by atoms with Crippen LogP contribution in [0.3, 0.4) is 0 Å². The fourth-order valence-electron chi connectivity index (χ4n) is 2.64. The van der Waals surface area contributed by atoms with Crippen LogP contribution in [0.5, 0.6) is 0 Å². The Morgan fingerprint density at radius 2 is 1.82 bits per heavy atom. The minimum Gasteiger partial charge on any atom is -0.283 e. The number of rotatable bonds is 5. The van der Waals surface area contributed by atoms with Crippen molar-refractivity contribution in [2.45, 2.75) is 19.1 Å². The summed E-state index contributed by atoms with van der Waals surface area (Å²) in [5.41, 5.74) is 3.35. The van der Waals surface area contributed by atoms with E-state index in [9.17, 15) is 8.42 Å². The van der Waals surface area contributed by atoms with Gasteiger partial charge in [0.25, 0.3) is 0 Å². The first kappa shape index (κ1) is 18.1. The van der Waals surface area contributed by atoms with Crippen LogP contribution in [0.25, 0.3) is 28.3 Å². The summed E-state index contributed by atoms with van der Waals surface area (Å²) >= 11 is 0. The molecule has 1 aromatic carbocycles. The van der Waals surface area contributed by atoms with Crippen molar-refractivity contribution in [3.8, 4) is 22.6 Å². The average Bonchev–Trinajstić information content (AvgIpc) is 3.11. The van der Waals surface area contributed by atoms with Crippen LogP contribution in [0.2, 0.25) is 0 Å². The highest BCUT2D eigenvalue weighted by atomic mass is 32.2. The van der Waals surface area contributed by atoms with E-state index in [0.29, 0.717) is 22.9 Å². The largest absolute Gasteiger partial charge is 0.283 e. The Kier molecular flexibility index (Phi) is 4.52. The number of sulfonamides is 1. The van der Waals surface area contributed by atoms with Gasteiger partial charge in [-0.3, -0.25) is 9.71 Å². The summed E-state index contributed by atoms with van der Waals surface area (Å²) in [5.74, 6) is 0.585. The molecule has 0 atom stereocenters. The van der Waals surface area contributed by atoms with Crippen LogP contribution >= 0.6 is 0 Å². The van der Waals surface area contributed by atoms with E-state index in [1.54, 1.807) is 49.0 Å². The maximum absolute atomic E-state index is 12.1. The zero-order valence-corrected chi connectivity index (χ0v) is 16.1. The van der Waals surface area contributed by atoms with Gasteiger partial charge in [-0.1, -0.05) is 12.1 Å². The maximum atomic E-state index is 12.1. The topological polar surface area (TPSA) is 102 Å². The highest BCUT2D eigenvalue weighted by Gasteiger charge is 2.16. The second kappa shape index (κ2) is 7.01. The Bertz CT molecular complexity index is 1240. The predicted octanol–water partition coefficient (Wildman–Crippen LogP) is 3.00. The van der Waals surface area contributed by atoms with Gasteiger partial charge in [0.05, 0.1) is 10.9 Å². The summed E-state index contributed by atoms with van der Waals surface area (Å²) in [7, 11) is -3.42. The fraction of sp³-hybridized carbons (Fsp3) is 0.158. The van der Waals surface area contributed by atoms with Crippen molar-refractivity contribution < 1.29 is 8.42 Å². The molecule has 0 bridgehead atoms. The van der Waals surface area contributed by atoms with Crippen molar-refractivity contribution in [3.05, 3.63) is 60.9 Å². The third kappa shape index (κ3) is 3.44. The van der Waals surface area contributed by atoms with Crippen LogP contribution in [-0.4, -0.2) is 38.5 Å². The molecule has 0 saturated carbocycles. The van der Waals surface area contributed by atoms with E-state index in [0.717, 1.165) is 11.1 Å². The number of benzene rings is 1. The van der Waals surface area contributed by atoms with E-state index in [2.05, 4.69) is 25.0 Å². The molecule has 9 heteroatoms. The normalized spacial score (nSPS) is 11.8. The first-order valence-corrected chi connectivity index (χ1v) is 10.2. The van der Waals surface area contributed by atoms with Crippen molar-refractivity contribution in [2.75, 3.05) is 4.72 Å². The van der Waals surface area contributed by atoms with Gasteiger partial charge in [-0.15, -0.1) is 10.2 Å². The van der Waals surface area contributed by atoms with Crippen LogP contribution in [0.4, 0.5) is 5.69 Å². The van der Waals surface area contributed by atoms with Gasteiger partial charge in [-0.25, -0.2) is 8.42 Å². The number of hydrogen-bond donors (Lipinski definition) is 1. The molecule has 0 aliphatic heterocycles. The zero-order valence-electron chi connectivity index (χ0n) is 15.3. The van der Waals surface area contributed by atoms with Crippen molar-refractivity contribution in [3.63, 3.8) is 0 Å².